The van der Waals surface area contributed by atoms with Crippen LogP contribution in [0.15, 0.2) is 70.3 Å². The fourth-order valence-electron chi connectivity index (χ4n) is 3.46. The zero-order valence-corrected chi connectivity index (χ0v) is 19.2. The molecule has 2 heterocycles. The van der Waals surface area contributed by atoms with Gasteiger partial charge in [-0.1, -0.05) is 36.4 Å². The van der Waals surface area contributed by atoms with Crippen LogP contribution in [-0.4, -0.2) is 29.4 Å². The molecule has 0 amide bonds. The first kappa shape index (κ1) is 22.3. The Hall–Kier alpha value is -2.95. The van der Waals surface area contributed by atoms with Gasteiger partial charge in [0.05, 0.1) is 23.3 Å². The highest BCUT2D eigenvalue weighted by Gasteiger charge is 2.23. The summed E-state index contributed by atoms with van der Waals surface area (Å²) in [5.74, 6) is 0.695. The van der Waals surface area contributed by atoms with Crippen molar-refractivity contribution in [3.8, 4) is 11.3 Å². The van der Waals surface area contributed by atoms with Crippen molar-refractivity contribution in [2.75, 3.05) is 10.0 Å². The zero-order valence-electron chi connectivity index (χ0n) is 17.6. The summed E-state index contributed by atoms with van der Waals surface area (Å²) in [5.41, 5.74) is 4.39. The number of thioether (sulfide) groups is 1. The van der Waals surface area contributed by atoms with Gasteiger partial charge in [0.1, 0.15) is 0 Å². The number of aromatic nitrogens is 1. The van der Waals surface area contributed by atoms with Crippen molar-refractivity contribution in [3.05, 3.63) is 77.0 Å². The summed E-state index contributed by atoms with van der Waals surface area (Å²) < 4.78 is 39.0. The molecule has 4 N–H and O–H groups in total. The second-order valence-corrected chi connectivity index (χ2v) is 9.88. The predicted octanol–water partition coefficient (Wildman–Crippen LogP) is 4.41. The van der Waals surface area contributed by atoms with Crippen LogP contribution in [0.2, 0.25) is 0 Å². The molecule has 0 aliphatic carbocycles. The minimum atomic E-state index is -4.30. The average molecular weight is 473 g/mol. The third kappa shape index (κ3) is 5.64. The molecule has 1 aliphatic heterocycles. The Labute approximate surface area is 191 Å². The number of hydrogen-bond acceptors (Lipinski definition) is 7. The number of aryl methyl sites for hydroxylation is 1. The van der Waals surface area contributed by atoms with Gasteiger partial charge in [0.2, 0.25) is 0 Å². The van der Waals surface area contributed by atoms with E-state index in [1.165, 1.54) is 0 Å². The molecule has 0 spiro atoms. The van der Waals surface area contributed by atoms with E-state index in [0.717, 1.165) is 22.4 Å². The van der Waals surface area contributed by atoms with Crippen molar-refractivity contribution in [1.29, 1.82) is 0 Å². The van der Waals surface area contributed by atoms with Gasteiger partial charge in [0.15, 0.2) is 5.76 Å². The lowest BCUT2D eigenvalue weighted by Crippen LogP contribution is -2.32. The van der Waals surface area contributed by atoms with Gasteiger partial charge in [-0.15, -0.1) is 11.8 Å². The maximum absolute atomic E-state index is 11.0. The van der Waals surface area contributed by atoms with Crippen molar-refractivity contribution in [1.82, 2.24) is 10.3 Å². The van der Waals surface area contributed by atoms with Crippen LogP contribution >= 0.6 is 11.8 Å². The Balaban J connectivity index is 1.53. The van der Waals surface area contributed by atoms with E-state index >= 15 is 0 Å². The minimum Gasteiger partial charge on any atom is -0.424 e. The molecule has 0 saturated carbocycles. The van der Waals surface area contributed by atoms with Gasteiger partial charge < -0.3 is 15.1 Å². The van der Waals surface area contributed by atoms with Gasteiger partial charge >= 0.3 is 10.3 Å². The number of benzene rings is 2. The summed E-state index contributed by atoms with van der Waals surface area (Å²) in [6, 6.07) is 15.1. The Morgan fingerprint density at radius 2 is 1.97 bits per heavy atom. The van der Waals surface area contributed by atoms with Crippen LogP contribution in [0, 0.1) is 6.92 Å². The highest BCUT2D eigenvalue weighted by Crippen LogP contribution is 2.29. The normalized spacial score (nSPS) is 16.8. The molecule has 8 nitrogen and oxygen atoms in total. The molecule has 1 unspecified atom stereocenters. The van der Waals surface area contributed by atoms with Gasteiger partial charge in [0.25, 0.3) is 6.01 Å². The first-order chi connectivity index (χ1) is 15.3. The first-order valence-corrected chi connectivity index (χ1v) is 12.4. The molecule has 1 aliphatic rings. The first-order valence-electron chi connectivity index (χ1n) is 10.0. The van der Waals surface area contributed by atoms with Crippen molar-refractivity contribution in [2.24, 2.45) is 0 Å². The molecule has 10 heteroatoms. The van der Waals surface area contributed by atoms with Crippen LogP contribution in [0.5, 0.6) is 0 Å². The van der Waals surface area contributed by atoms with E-state index in [4.69, 9.17) is 8.97 Å². The van der Waals surface area contributed by atoms with Crippen molar-refractivity contribution >= 4 is 33.8 Å². The number of nitrogens with one attached hydrogen (secondary N) is 3. The standard InChI is InChI=1S/C22H24N4O4S2/c1-14-5-3-4-6-18(14)21-12-23-22(30-21)25-19(20-13-31-15(2)24-20)11-16-7-9-17(10-8-16)26-32(27,28)29/h3-10,12-13,15,19,24,26H,11H2,1-2H3,(H,23,25)(H,27,28,29)/t15?,19-/m0/s1. The highest BCUT2D eigenvalue weighted by molar-refractivity contribution is 8.02. The quantitative estimate of drug-likeness (QED) is 0.356. The van der Waals surface area contributed by atoms with Gasteiger partial charge in [-0.05, 0) is 48.9 Å². The molecular formula is C22H24N4O4S2. The second-order valence-electron chi connectivity index (χ2n) is 7.52. The average Bonchev–Trinajstić information content (AvgIpc) is 3.37. The van der Waals surface area contributed by atoms with Gasteiger partial charge in [0, 0.05) is 11.3 Å². The molecule has 0 bridgehead atoms. The molecule has 1 aromatic heterocycles. The summed E-state index contributed by atoms with van der Waals surface area (Å²) in [6.45, 7) is 4.11. The molecule has 0 radical (unpaired) electrons. The molecular weight excluding hydrogens is 448 g/mol. The summed E-state index contributed by atoms with van der Waals surface area (Å²) >= 11 is 1.70. The van der Waals surface area contributed by atoms with Crippen molar-refractivity contribution < 1.29 is 17.4 Å². The lowest BCUT2D eigenvalue weighted by Gasteiger charge is -2.21. The van der Waals surface area contributed by atoms with Crippen LogP contribution in [0.4, 0.5) is 11.7 Å². The van der Waals surface area contributed by atoms with E-state index in [0.29, 0.717) is 23.9 Å². The van der Waals surface area contributed by atoms with E-state index in [1.807, 2.05) is 48.0 Å². The minimum absolute atomic E-state index is 0.129. The second kappa shape index (κ2) is 9.27. The third-order valence-electron chi connectivity index (χ3n) is 5.00. The van der Waals surface area contributed by atoms with Crippen LogP contribution in [-0.2, 0) is 16.7 Å². The Morgan fingerprint density at radius 3 is 2.62 bits per heavy atom. The van der Waals surface area contributed by atoms with E-state index in [9.17, 15) is 8.42 Å². The maximum atomic E-state index is 11.0. The number of anilines is 2. The molecule has 32 heavy (non-hydrogen) atoms. The summed E-state index contributed by atoms with van der Waals surface area (Å²) in [5, 5.41) is 9.18. The molecule has 0 saturated heterocycles. The zero-order chi connectivity index (χ0) is 22.7. The number of rotatable bonds is 8. The SMILES string of the molecule is Cc1ccccc1-c1cnc(N[C@@H](Cc2ccc(NS(=O)(=O)O)cc2)C2=CSC(C)N2)o1. The van der Waals surface area contributed by atoms with Crippen LogP contribution in [0.3, 0.4) is 0 Å². The summed E-state index contributed by atoms with van der Waals surface area (Å²) in [6.07, 6.45) is 2.33. The van der Waals surface area contributed by atoms with E-state index in [1.54, 1.807) is 30.1 Å². The van der Waals surface area contributed by atoms with Crippen LogP contribution < -0.4 is 15.4 Å². The molecule has 3 aromatic rings. The molecule has 4 rings (SSSR count). The monoisotopic (exact) mass is 472 g/mol. The largest absolute Gasteiger partial charge is 0.424 e. The molecule has 0 fully saturated rings. The number of hydrogen-bond donors (Lipinski definition) is 4. The van der Waals surface area contributed by atoms with Gasteiger partial charge in [-0.2, -0.15) is 8.42 Å². The topological polar surface area (TPSA) is 116 Å². The van der Waals surface area contributed by atoms with E-state index in [2.05, 4.69) is 27.9 Å². The third-order valence-corrected chi connectivity index (χ3v) is 6.41. The molecule has 2 atom stereocenters. The van der Waals surface area contributed by atoms with Gasteiger partial charge in [-0.3, -0.25) is 9.27 Å². The van der Waals surface area contributed by atoms with E-state index < -0.39 is 10.3 Å². The van der Waals surface area contributed by atoms with Crippen LogP contribution in [0.1, 0.15) is 18.1 Å². The van der Waals surface area contributed by atoms with Gasteiger partial charge in [-0.25, -0.2) is 4.98 Å². The highest BCUT2D eigenvalue weighted by atomic mass is 32.2. The Kier molecular flexibility index (Phi) is 6.45. The fourth-order valence-corrected chi connectivity index (χ4v) is 4.68. The number of nitrogens with zero attached hydrogens (tertiary/aromatic N) is 1. The van der Waals surface area contributed by atoms with Crippen LogP contribution in [0.25, 0.3) is 11.3 Å². The summed E-state index contributed by atoms with van der Waals surface area (Å²) in [4.78, 5) is 4.42. The van der Waals surface area contributed by atoms with Crippen molar-refractivity contribution in [3.63, 3.8) is 0 Å². The van der Waals surface area contributed by atoms with Crippen molar-refractivity contribution in [2.45, 2.75) is 31.7 Å². The molecule has 168 valence electrons. The lowest BCUT2D eigenvalue weighted by atomic mass is 10.0. The predicted molar refractivity (Wildman–Crippen MR) is 128 cm³/mol. The lowest BCUT2D eigenvalue weighted by molar-refractivity contribution is 0.489. The van der Waals surface area contributed by atoms with E-state index in [-0.39, 0.29) is 11.4 Å². The molecule has 2 aromatic carbocycles. The number of oxazole rings is 1. The summed E-state index contributed by atoms with van der Waals surface area (Å²) in [7, 11) is -4.30. The Bertz CT molecular complexity index is 1220. The maximum Gasteiger partial charge on any atom is 0.357 e. The smallest absolute Gasteiger partial charge is 0.357 e. The Morgan fingerprint density at radius 1 is 1.22 bits per heavy atom. The fraction of sp³-hybridized carbons (Fsp3) is 0.227.